The number of nitrogens with one attached hydrogen (secondary N) is 1. The van der Waals surface area contributed by atoms with Gasteiger partial charge in [-0.2, -0.15) is 0 Å². The predicted octanol–water partition coefficient (Wildman–Crippen LogP) is 3.89. The summed E-state index contributed by atoms with van der Waals surface area (Å²) in [6.07, 6.45) is 4.16. The molecule has 19 heavy (non-hydrogen) atoms. The minimum atomic E-state index is 0.621. The molecule has 0 spiro atoms. The van der Waals surface area contributed by atoms with Crippen molar-refractivity contribution in [2.24, 2.45) is 5.92 Å². The summed E-state index contributed by atoms with van der Waals surface area (Å²) in [6.45, 7) is 10.5. The highest BCUT2D eigenvalue weighted by molar-refractivity contribution is 5.58. The number of rotatable bonds is 1. The Morgan fingerprint density at radius 1 is 1.05 bits per heavy atom. The van der Waals surface area contributed by atoms with Crippen molar-refractivity contribution in [2.75, 3.05) is 25.0 Å². The van der Waals surface area contributed by atoms with Crippen LogP contribution in [0.25, 0.3) is 0 Å². The monoisotopic (exact) mass is 258 g/mol. The lowest BCUT2D eigenvalue weighted by atomic mass is 9.85. The van der Waals surface area contributed by atoms with Gasteiger partial charge >= 0.3 is 0 Å². The van der Waals surface area contributed by atoms with Gasteiger partial charge in [-0.3, -0.25) is 4.90 Å². The van der Waals surface area contributed by atoms with Gasteiger partial charge in [-0.05, 0) is 68.5 Å². The highest BCUT2D eigenvalue weighted by Gasteiger charge is 2.32. The summed E-state index contributed by atoms with van der Waals surface area (Å²) in [4.78, 5) is 2.72. The molecule has 1 N–H and O–H groups in total. The van der Waals surface area contributed by atoms with Crippen LogP contribution in [-0.2, 0) is 0 Å². The molecule has 1 aromatic carbocycles. The first-order chi connectivity index (χ1) is 9.16. The van der Waals surface area contributed by atoms with Crippen molar-refractivity contribution in [3.05, 3.63) is 28.8 Å². The maximum Gasteiger partial charge on any atom is 0.0410 e. The van der Waals surface area contributed by atoms with E-state index in [0.29, 0.717) is 12.0 Å². The number of hydrogen-bond donors (Lipinski definition) is 1. The maximum atomic E-state index is 3.62. The van der Waals surface area contributed by atoms with Gasteiger partial charge < -0.3 is 5.32 Å². The number of hydrogen-bond acceptors (Lipinski definition) is 2. The lowest BCUT2D eigenvalue weighted by Gasteiger charge is -2.42. The SMILES string of the molecule is Cc1cc2c(cc1C)C(N1CCCCC1)C(C)CN2. The van der Waals surface area contributed by atoms with Crippen LogP contribution in [0.1, 0.15) is 48.9 Å². The average molecular weight is 258 g/mol. The van der Waals surface area contributed by atoms with Crippen molar-refractivity contribution in [1.29, 1.82) is 0 Å². The largest absolute Gasteiger partial charge is 0.384 e. The van der Waals surface area contributed by atoms with Crippen molar-refractivity contribution < 1.29 is 0 Å². The summed E-state index contributed by atoms with van der Waals surface area (Å²) >= 11 is 0. The normalized spacial score (nSPS) is 27.7. The Bertz CT molecular complexity index is 461. The fourth-order valence-corrected chi connectivity index (χ4v) is 3.68. The molecule has 2 aliphatic rings. The average Bonchev–Trinajstić information content (AvgIpc) is 2.42. The van der Waals surface area contributed by atoms with Crippen LogP contribution in [0, 0.1) is 19.8 Å². The minimum absolute atomic E-state index is 0.621. The van der Waals surface area contributed by atoms with Gasteiger partial charge in [0.15, 0.2) is 0 Å². The number of piperidine rings is 1. The maximum absolute atomic E-state index is 3.62. The second-order valence-electron chi connectivity index (χ2n) is 6.42. The number of benzene rings is 1. The van der Waals surface area contributed by atoms with Crippen molar-refractivity contribution in [1.82, 2.24) is 4.90 Å². The van der Waals surface area contributed by atoms with Gasteiger partial charge in [-0.15, -0.1) is 0 Å². The molecule has 2 unspecified atom stereocenters. The van der Waals surface area contributed by atoms with E-state index >= 15 is 0 Å². The van der Waals surface area contributed by atoms with Crippen molar-refractivity contribution in [3.8, 4) is 0 Å². The van der Waals surface area contributed by atoms with Gasteiger partial charge in [0.25, 0.3) is 0 Å². The fourth-order valence-electron chi connectivity index (χ4n) is 3.68. The van der Waals surface area contributed by atoms with Crippen molar-refractivity contribution in [3.63, 3.8) is 0 Å². The summed E-state index contributed by atoms with van der Waals surface area (Å²) in [5.74, 6) is 0.702. The summed E-state index contributed by atoms with van der Waals surface area (Å²) in [5.41, 5.74) is 5.73. The molecule has 1 saturated heterocycles. The summed E-state index contributed by atoms with van der Waals surface area (Å²) in [5, 5.41) is 3.62. The molecule has 0 amide bonds. The quantitative estimate of drug-likeness (QED) is 0.822. The molecule has 0 radical (unpaired) electrons. The summed E-state index contributed by atoms with van der Waals surface area (Å²) in [7, 11) is 0. The third kappa shape index (κ3) is 2.38. The van der Waals surface area contributed by atoms with E-state index in [1.54, 1.807) is 0 Å². The fraction of sp³-hybridized carbons (Fsp3) is 0.647. The standard InChI is InChI=1S/C17H26N2/c1-12-9-15-16(10-13(12)2)18-11-14(3)17(15)19-7-5-4-6-8-19/h9-10,14,17-18H,4-8,11H2,1-3H3. The van der Waals surface area contributed by atoms with Crippen molar-refractivity contribution >= 4 is 5.69 Å². The van der Waals surface area contributed by atoms with Crippen molar-refractivity contribution in [2.45, 2.75) is 46.1 Å². The van der Waals surface area contributed by atoms with Crippen LogP contribution in [-0.4, -0.2) is 24.5 Å². The van der Waals surface area contributed by atoms with Crippen LogP contribution < -0.4 is 5.32 Å². The van der Waals surface area contributed by atoms with E-state index in [0.717, 1.165) is 6.54 Å². The van der Waals surface area contributed by atoms with Crippen LogP contribution in [0.2, 0.25) is 0 Å². The number of fused-ring (bicyclic) bond motifs is 1. The van der Waals surface area contributed by atoms with Crippen LogP contribution in [0.4, 0.5) is 5.69 Å². The summed E-state index contributed by atoms with van der Waals surface area (Å²) < 4.78 is 0. The zero-order chi connectivity index (χ0) is 13.4. The zero-order valence-corrected chi connectivity index (χ0v) is 12.5. The topological polar surface area (TPSA) is 15.3 Å². The Balaban J connectivity index is 1.98. The van der Waals surface area contributed by atoms with E-state index in [9.17, 15) is 0 Å². The molecular weight excluding hydrogens is 232 g/mol. The molecule has 0 saturated carbocycles. The smallest absolute Gasteiger partial charge is 0.0410 e. The first-order valence-electron chi connectivity index (χ1n) is 7.76. The lowest BCUT2D eigenvalue weighted by Crippen LogP contribution is -2.41. The molecule has 2 aliphatic heterocycles. The van der Waals surface area contributed by atoms with Crippen LogP contribution >= 0.6 is 0 Å². The van der Waals surface area contributed by atoms with E-state index in [1.807, 2.05) is 0 Å². The van der Waals surface area contributed by atoms with E-state index in [2.05, 4.69) is 43.1 Å². The number of anilines is 1. The molecular formula is C17H26N2. The Kier molecular flexibility index (Phi) is 3.53. The molecule has 2 heteroatoms. The van der Waals surface area contributed by atoms with Gasteiger partial charge in [0.2, 0.25) is 0 Å². The highest BCUT2D eigenvalue weighted by Crippen LogP contribution is 2.40. The van der Waals surface area contributed by atoms with E-state index in [4.69, 9.17) is 0 Å². The number of likely N-dealkylation sites (tertiary alicyclic amines) is 1. The van der Waals surface area contributed by atoms with Gasteiger partial charge in [-0.25, -0.2) is 0 Å². The third-order valence-electron chi connectivity index (χ3n) is 4.92. The molecule has 1 fully saturated rings. The van der Waals surface area contributed by atoms with E-state index in [-0.39, 0.29) is 0 Å². The molecule has 0 bridgehead atoms. The van der Waals surface area contributed by atoms with Gasteiger partial charge in [-0.1, -0.05) is 19.4 Å². The second kappa shape index (κ2) is 5.16. The number of nitrogens with zero attached hydrogens (tertiary/aromatic N) is 1. The molecule has 0 aromatic heterocycles. The Labute approximate surface area is 117 Å². The van der Waals surface area contributed by atoms with E-state index in [1.165, 1.54) is 54.7 Å². The zero-order valence-electron chi connectivity index (χ0n) is 12.5. The molecule has 1 aromatic rings. The first-order valence-corrected chi connectivity index (χ1v) is 7.76. The highest BCUT2D eigenvalue weighted by atomic mass is 15.2. The summed E-state index contributed by atoms with van der Waals surface area (Å²) in [6, 6.07) is 5.39. The molecule has 2 atom stereocenters. The Hall–Kier alpha value is -1.02. The van der Waals surface area contributed by atoms with E-state index < -0.39 is 0 Å². The molecule has 0 aliphatic carbocycles. The third-order valence-corrected chi connectivity index (χ3v) is 4.92. The lowest BCUT2D eigenvalue weighted by molar-refractivity contribution is 0.123. The molecule has 3 rings (SSSR count). The first kappa shape index (κ1) is 13.0. The molecule has 104 valence electrons. The predicted molar refractivity (Wildman–Crippen MR) is 81.7 cm³/mol. The van der Waals surface area contributed by atoms with Gasteiger partial charge in [0.05, 0.1) is 0 Å². The molecule has 2 nitrogen and oxygen atoms in total. The Morgan fingerprint density at radius 3 is 2.47 bits per heavy atom. The molecule has 2 heterocycles. The van der Waals surface area contributed by atoms with Gasteiger partial charge in [0.1, 0.15) is 0 Å². The van der Waals surface area contributed by atoms with Crippen LogP contribution in [0.15, 0.2) is 12.1 Å². The Morgan fingerprint density at radius 2 is 1.74 bits per heavy atom. The second-order valence-corrected chi connectivity index (χ2v) is 6.42. The van der Waals surface area contributed by atoms with Crippen LogP contribution in [0.3, 0.4) is 0 Å². The van der Waals surface area contributed by atoms with Crippen LogP contribution in [0.5, 0.6) is 0 Å². The minimum Gasteiger partial charge on any atom is -0.384 e. The van der Waals surface area contributed by atoms with Gasteiger partial charge in [0, 0.05) is 18.3 Å². The number of aryl methyl sites for hydroxylation is 2.